The second-order valence-electron chi connectivity index (χ2n) is 4.30. The molecule has 22 heavy (non-hydrogen) atoms. The SMILES string of the molecule is O=C(/C=C/c1ccc(Cl)cc1)Nc1cc([N+](=O)[O-])ccc1Br. The molecule has 5 nitrogen and oxygen atoms in total. The number of nitro benzene ring substituents is 1. The van der Waals surface area contributed by atoms with Gasteiger partial charge in [-0.25, -0.2) is 0 Å². The van der Waals surface area contributed by atoms with E-state index in [2.05, 4.69) is 21.2 Å². The molecular formula is C15H10BrClN2O3. The van der Waals surface area contributed by atoms with Crippen LogP contribution in [0.2, 0.25) is 5.02 Å². The molecule has 0 aromatic heterocycles. The van der Waals surface area contributed by atoms with Crippen molar-refractivity contribution in [1.29, 1.82) is 0 Å². The highest BCUT2D eigenvalue weighted by Gasteiger charge is 2.10. The Bertz CT molecular complexity index is 745. The zero-order valence-corrected chi connectivity index (χ0v) is 13.5. The van der Waals surface area contributed by atoms with E-state index in [1.54, 1.807) is 30.3 Å². The largest absolute Gasteiger partial charge is 0.321 e. The molecule has 0 aliphatic heterocycles. The summed E-state index contributed by atoms with van der Waals surface area (Å²) < 4.78 is 0.561. The number of halogens is 2. The van der Waals surface area contributed by atoms with Crippen molar-refractivity contribution in [3.8, 4) is 0 Å². The van der Waals surface area contributed by atoms with E-state index in [1.807, 2.05) is 0 Å². The van der Waals surface area contributed by atoms with Crippen LogP contribution < -0.4 is 5.32 Å². The van der Waals surface area contributed by atoms with Crippen LogP contribution in [0.3, 0.4) is 0 Å². The van der Waals surface area contributed by atoms with Gasteiger partial charge in [-0.15, -0.1) is 0 Å². The number of anilines is 1. The van der Waals surface area contributed by atoms with Crippen LogP contribution in [-0.4, -0.2) is 10.8 Å². The van der Waals surface area contributed by atoms with Crippen LogP contribution in [0.15, 0.2) is 53.0 Å². The maximum Gasteiger partial charge on any atom is 0.271 e. The molecule has 1 amide bonds. The van der Waals surface area contributed by atoms with Crippen LogP contribution in [0.25, 0.3) is 6.08 Å². The van der Waals surface area contributed by atoms with Crippen LogP contribution in [-0.2, 0) is 4.79 Å². The Labute approximate surface area is 139 Å². The smallest absolute Gasteiger partial charge is 0.271 e. The van der Waals surface area contributed by atoms with E-state index in [-0.39, 0.29) is 5.69 Å². The molecule has 2 rings (SSSR count). The zero-order valence-electron chi connectivity index (χ0n) is 11.1. The number of nitrogens with one attached hydrogen (secondary N) is 1. The molecule has 0 aliphatic rings. The van der Waals surface area contributed by atoms with Gasteiger partial charge in [0, 0.05) is 27.7 Å². The minimum atomic E-state index is -0.522. The monoisotopic (exact) mass is 380 g/mol. The lowest BCUT2D eigenvalue weighted by atomic mass is 10.2. The Hall–Kier alpha value is -2.18. The van der Waals surface area contributed by atoms with Crippen molar-refractivity contribution in [2.45, 2.75) is 0 Å². The first-order valence-corrected chi connectivity index (χ1v) is 7.31. The van der Waals surface area contributed by atoms with Gasteiger partial charge in [0.15, 0.2) is 0 Å². The molecular weight excluding hydrogens is 372 g/mol. The second kappa shape index (κ2) is 7.20. The Morgan fingerprint density at radius 1 is 1.23 bits per heavy atom. The third-order valence-electron chi connectivity index (χ3n) is 2.72. The van der Waals surface area contributed by atoms with Crippen molar-refractivity contribution in [1.82, 2.24) is 0 Å². The molecule has 1 N–H and O–H groups in total. The summed E-state index contributed by atoms with van der Waals surface area (Å²) in [5.41, 5.74) is 1.05. The Kier molecular flexibility index (Phi) is 5.30. The molecule has 0 saturated carbocycles. The standard InChI is InChI=1S/C15H10BrClN2O3/c16-13-7-6-12(19(21)22)9-14(13)18-15(20)8-3-10-1-4-11(17)5-2-10/h1-9H,(H,18,20)/b8-3+. The first-order chi connectivity index (χ1) is 10.5. The van der Waals surface area contributed by atoms with Crippen LogP contribution >= 0.6 is 27.5 Å². The molecule has 2 aromatic rings. The van der Waals surface area contributed by atoms with Crippen LogP contribution in [0.4, 0.5) is 11.4 Å². The maximum absolute atomic E-state index is 11.9. The molecule has 2 aromatic carbocycles. The van der Waals surface area contributed by atoms with E-state index >= 15 is 0 Å². The van der Waals surface area contributed by atoms with E-state index in [4.69, 9.17) is 11.6 Å². The first-order valence-electron chi connectivity index (χ1n) is 6.14. The van der Waals surface area contributed by atoms with E-state index < -0.39 is 10.8 Å². The fraction of sp³-hybridized carbons (Fsp3) is 0. The molecule has 7 heteroatoms. The molecule has 0 radical (unpaired) electrons. The van der Waals surface area contributed by atoms with E-state index in [0.29, 0.717) is 15.2 Å². The topological polar surface area (TPSA) is 72.2 Å². The quantitative estimate of drug-likeness (QED) is 0.475. The van der Waals surface area contributed by atoms with Gasteiger partial charge in [-0.05, 0) is 45.8 Å². The highest BCUT2D eigenvalue weighted by molar-refractivity contribution is 9.10. The lowest BCUT2D eigenvalue weighted by Crippen LogP contribution is -2.08. The molecule has 0 spiro atoms. The number of nitrogens with zero attached hydrogens (tertiary/aromatic N) is 1. The molecule has 0 unspecified atom stereocenters. The summed E-state index contributed by atoms with van der Waals surface area (Å²) in [4.78, 5) is 22.1. The normalized spacial score (nSPS) is 10.6. The van der Waals surface area contributed by atoms with Crippen molar-refractivity contribution in [2.75, 3.05) is 5.32 Å². The molecule has 0 heterocycles. The van der Waals surface area contributed by atoms with Gasteiger partial charge in [-0.2, -0.15) is 0 Å². The number of non-ortho nitro benzene ring substituents is 1. The molecule has 0 bridgehead atoms. The number of benzene rings is 2. The molecule has 0 fully saturated rings. The number of nitro groups is 1. The van der Waals surface area contributed by atoms with Crippen molar-refractivity contribution in [3.63, 3.8) is 0 Å². The predicted molar refractivity (Wildman–Crippen MR) is 89.9 cm³/mol. The number of carbonyl (C=O) groups excluding carboxylic acids is 1. The molecule has 0 saturated heterocycles. The van der Waals surface area contributed by atoms with Crippen molar-refractivity contribution in [3.05, 3.63) is 73.7 Å². The van der Waals surface area contributed by atoms with E-state index in [1.165, 1.54) is 24.3 Å². The summed E-state index contributed by atoms with van der Waals surface area (Å²) >= 11 is 9.01. The third kappa shape index (κ3) is 4.41. The van der Waals surface area contributed by atoms with Gasteiger partial charge in [-0.1, -0.05) is 23.7 Å². The average molecular weight is 382 g/mol. The van der Waals surface area contributed by atoms with Crippen LogP contribution in [0.5, 0.6) is 0 Å². The zero-order chi connectivity index (χ0) is 16.1. The number of rotatable bonds is 4. The Morgan fingerprint density at radius 2 is 1.91 bits per heavy atom. The lowest BCUT2D eigenvalue weighted by Gasteiger charge is -2.04. The lowest BCUT2D eigenvalue weighted by molar-refractivity contribution is -0.384. The predicted octanol–water partition coefficient (Wildman–Crippen LogP) is 4.66. The summed E-state index contributed by atoms with van der Waals surface area (Å²) in [7, 11) is 0. The van der Waals surface area contributed by atoms with Crippen molar-refractivity contribution < 1.29 is 9.72 Å². The van der Waals surface area contributed by atoms with Crippen LogP contribution in [0, 0.1) is 10.1 Å². The van der Waals surface area contributed by atoms with Gasteiger partial charge in [0.2, 0.25) is 5.91 Å². The van der Waals surface area contributed by atoms with Crippen molar-refractivity contribution >= 4 is 50.9 Å². The average Bonchev–Trinajstić information content (AvgIpc) is 2.48. The number of amides is 1. The fourth-order valence-corrected chi connectivity index (χ4v) is 2.11. The summed E-state index contributed by atoms with van der Waals surface area (Å²) in [6.07, 6.45) is 2.96. The van der Waals surface area contributed by atoms with Gasteiger partial charge >= 0.3 is 0 Å². The number of carbonyl (C=O) groups is 1. The summed E-state index contributed by atoms with van der Waals surface area (Å²) in [5, 5.41) is 13.9. The first kappa shape index (κ1) is 16.2. The molecule has 0 atom stereocenters. The highest BCUT2D eigenvalue weighted by atomic mass is 79.9. The maximum atomic E-state index is 11.9. The van der Waals surface area contributed by atoms with Gasteiger partial charge in [0.05, 0.1) is 10.6 Å². The number of hydrogen-bond acceptors (Lipinski definition) is 3. The minimum Gasteiger partial charge on any atom is -0.321 e. The fourth-order valence-electron chi connectivity index (χ4n) is 1.64. The van der Waals surface area contributed by atoms with Gasteiger partial charge < -0.3 is 5.32 Å². The van der Waals surface area contributed by atoms with Crippen LogP contribution in [0.1, 0.15) is 5.56 Å². The molecule has 0 aliphatic carbocycles. The minimum absolute atomic E-state index is 0.0971. The second-order valence-corrected chi connectivity index (χ2v) is 5.59. The van der Waals surface area contributed by atoms with E-state index in [0.717, 1.165) is 5.56 Å². The van der Waals surface area contributed by atoms with Gasteiger partial charge in [0.25, 0.3) is 5.69 Å². The summed E-state index contributed by atoms with van der Waals surface area (Å²) in [6.45, 7) is 0. The van der Waals surface area contributed by atoms with Gasteiger partial charge in [0.1, 0.15) is 0 Å². The Balaban J connectivity index is 2.10. The van der Waals surface area contributed by atoms with Gasteiger partial charge in [-0.3, -0.25) is 14.9 Å². The summed E-state index contributed by atoms with van der Waals surface area (Å²) in [6, 6.07) is 11.1. The summed E-state index contributed by atoms with van der Waals surface area (Å²) in [5.74, 6) is -0.392. The molecule has 112 valence electrons. The number of hydrogen-bond donors (Lipinski definition) is 1. The highest BCUT2D eigenvalue weighted by Crippen LogP contribution is 2.27. The Morgan fingerprint density at radius 3 is 2.55 bits per heavy atom. The van der Waals surface area contributed by atoms with E-state index in [9.17, 15) is 14.9 Å². The van der Waals surface area contributed by atoms with Crippen molar-refractivity contribution in [2.24, 2.45) is 0 Å². The third-order valence-corrected chi connectivity index (χ3v) is 3.66.